The zero-order chi connectivity index (χ0) is 12.4. The third-order valence-corrected chi connectivity index (χ3v) is 2.74. The zero-order valence-corrected chi connectivity index (χ0v) is 10.4. The van der Waals surface area contributed by atoms with Gasteiger partial charge in [-0.15, -0.1) is 5.10 Å². The second kappa shape index (κ2) is 4.71. The third-order valence-electron chi connectivity index (χ3n) is 2.74. The Morgan fingerprint density at radius 2 is 2.12 bits per heavy atom. The number of nitrogens with zero attached hydrogens (tertiary/aromatic N) is 4. The normalized spacial score (nSPS) is 13.2. The van der Waals surface area contributed by atoms with Crippen LogP contribution in [0.2, 0.25) is 0 Å². The van der Waals surface area contributed by atoms with Crippen LogP contribution in [0.1, 0.15) is 31.2 Å². The maximum Gasteiger partial charge on any atom is 0.102 e. The molecule has 2 aromatic heterocycles. The smallest absolute Gasteiger partial charge is 0.102 e. The third kappa shape index (κ3) is 2.74. The van der Waals surface area contributed by atoms with Crippen LogP contribution >= 0.6 is 0 Å². The van der Waals surface area contributed by atoms with Crippen molar-refractivity contribution < 1.29 is 5.11 Å². The fourth-order valence-corrected chi connectivity index (χ4v) is 1.77. The molecule has 17 heavy (non-hydrogen) atoms. The molecule has 92 valence electrons. The van der Waals surface area contributed by atoms with Crippen LogP contribution in [0.25, 0.3) is 0 Å². The number of aromatic nitrogens is 4. The summed E-state index contributed by atoms with van der Waals surface area (Å²) in [6, 6.07) is 1.95. The van der Waals surface area contributed by atoms with Crippen LogP contribution in [-0.4, -0.2) is 24.7 Å². The standard InChI is InChI=1S/C12H18N4O/c1-9(2)12(17)10-4-5-16(6-10)8-11-7-15(3)14-13-11/h4-7,9,12,17H,8H2,1-3H3. The van der Waals surface area contributed by atoms with Crippen LogP contribution in [-0.2, 0) is 13.6 Å². The first-order valence-corrected chi connectivity index (χ1v) is 5.75. The second-order valence-corrected chi connectivity index (χ2v) is 4.69. The molecule has 2 heterocycles. The predicted molar refractivity (Wildman–Crippen MR) is 64.3 cm³/mol. The maximum atomic E-state index is 9.94. The quantitative estimate of drug-likeness (QED) is 0.869. The van der Waals surface area contributed by atoms with Gasteiger partial charge in [0, 0.05) is 25.6 Å². The Morgan fingerprint density at radius 1 is 1.35 bits per heavy atom. The van der Waals surface area contributed by atoms with E-state index in [0.717, 1.165) is 11.3 Å². The Labute approximate surface area is 101 Å². The summed E-state index contributed by atoms with van der Waals surface area (Å²) in [6.45, 7) is 4.69. The highest BCUT2D eigenvalue weighted by atomic mass is 16.3. The summed E-state index contributed by atoms with van der Waals surface area (Å²) in [4.78, 5) is 0. The van der Waals surface area contributed by atoms with E-state index >= 15 is 0 Å². The average Bonchev–Trinajstić information content (AvgIpc) is 2.87. The Bertz CT molecular complexity index is 486. The lowest BCUT2D eigenvalue weighted by Crippen LogP contribution is -2.04. The van der Waals surface area contributed by atoms with Gasteiger partial charge in [0.2, 0.25) is 0 Å². The molecule has 0 saturated carbocycles. The first-order valence-electron chi connectivity index (χ1n) is 5.75. The number of aryl methyl sites for hydroxylation is 1. The second-order valence-electron chi connectivity index (χ2n) is 4.69. The predicted octanol–water partition coefficient (Wildman–Crippen LogP) is 1.35. The van der Waals surface area contributed by atoms with E-state index in [9.17, 15) is 5.11 Å². The molecule has 2 aromatic rings. The molecule has 0 bridgehead atoms. The summed E-state index contributed by atoms with van der Waals surface area (Å²) in [5.74, 6) is 0.224. The minimum absolute atomic E-state index is 0.224. The molecule has 1 unspecified atom stereocenters. The Balaban J connectivity index is 2.08. The van der Waals surface area contributed by atoms with Gasteiger partial charge in [-0.3, -0.25) is 4.68 Å². The average molecular weight is 234 g/mol. The Kier molecular flexibility index (Phi) is 3.28. The van der Waals surface area contributed by atoms with E-state index in [1.165, 1.54) is 0 Å². The first-order chi connectivity index (χ1) is 8.06. The van der Waals surface area contributed by atoms with E-state index in [1.807, 2.05) is 50.1 Å². The number of hydrogen-bond acceptors (Lipinski definition) is 3. The van der Waals surface area contributed by atoms with Crippen molar-refractivity contribution in [2.45, 2.75) is 26.5 Å². The lowest BCUT2D eigenvalue weighted by Gasteiger charge is -2.12. The molecule has 0 aliphatic rings. The van der Waals surface area contributed by atoms with Crippen LogP contribution in [0, 0.1) is 5.92 Å². The van der Waals surface area contributed by atoms with Gasteiger partial charge in [0.1, 0.15) is 5.69 Å². The Morgan fingerprint density at radius 3 is 2.71 bits per heavy atom. The van der Waals surface area contributed by atoms with Crippen molar-refractivity contribution in [1.29, 1.82) is 0 Å². The van der Waals surface area contributed by atoms with Crippen LogP contribution in [0.4, 0.5) is 0 Å². The van der Waals surface area contributed by atoms with E-state index in [0.29, 0.717) is 6.54 Å². The van der Waals surface area contributed by atoms with E-state index < -0.39 is 6.10 Å². The van der Waals surface area contributed by atoms with Crippen LogP contribution in [0.3, 0.4) is 0 Å². The van der Waals surface area contributed by atoms with Gasteiger partial charge in [-0.2, -0.15) is 0 Å². The van der Waals surface area contributed by atoms with E-state index in [2.05, 4.69) is 10.3 Å². The van der Waals surface area contributed by atoms with Gasteiger partial charge in [0.25, 0.3) is 0 Å². The van der Waals surface area contributed by atoms with Crippen molar-refractivity contribution in [1.82, 2.24) is 19.6 Å². The van der Waals surface area contributed by atoms with Crippen LogP contribution < -0.4 is 0 Å². The molecule has 0 aliphatic heterocycles. The van der Waals surface area contributed by atoms with Crippen molar-refractivity contribution >= 4 is 0 Å². The van der Waals surface area contributed by atoms with Crippen molar-refractivity contribution in [2.24, 2.45) is 13.0 Å². The fraction of sp³-hybridized carbons (Fsp3) is 0.500. The summed E-state index contributed by atoms with van der Waals surface area (Å²) < 4.78 is 3.69. The molecule has 5 heteroatoms. The zero-order valence-electron chi connectivity index (χ0n) is 10.4. The summed E-state index contributed by atoms with van der Waals surface area (Å²) in [5, 5.41) is 17.9. The largest absolute Gasteiger partial charge is 0.388 e. The Hall–Kier alpha value is -1.62. The van der Waals surface area contributed by atoms with Gasteiger partial charge in [0.05, 0.1) is 12.6 Å². The van der Waals surface area contributed by atoms with Gasteiger partial charge < -0.3 is 9.67 Å². The van der Waals surface area contributed by atoms with E-state index in [1.54, 1.807) is 4.68 Å². The lowest BCUT2D eigenvalue weighted by molar-refractivity contribution is 0.127. The molecule has 0 radical (unpaired) electrons. The van der Waals surface area contributed by atoms with Crippen LogP contribution in [0.5, 0.6) is 0 Å². The molecule has 0 spiro atoms. The van der Waals surface area contributed by atoms with Gasteiger partial charge >= 0.3 is 0 Å². The van der Waals surface area contributed by atoms with Crippen LogP contribution in [0.15, 0.2) is 24.7 Å². The molecular weight excluding hydrogens is 216 g/mol. The number of aliphatic hydroxyl groups excluding tert-OH is 1. The molecule has 0 aromatic carbocycles. The number of rotatable bonds is 4. The van der Waals surface area contributed by atoms with Gasteiger partial charge in [-0.25, -0.2) is 0 Å². The van der Waals surface area contributed by atoms with Crippen molar-refractivity contribution in [3.05, 3.63) is 35.9 Å². The number of aliphatic hydroxyl groups is 1. The van der Waals surface area contributed by atoms with Gasteiger partial charge in [0.15, 0.2) is 0 Å². The molecule has 0 fully saturated rings. The molecule has 0 aliphatic carbocycles. The molecule has 1 N–H and O–H groups in total. The molecular formula is C12H18N4O. The SMILES string of the molecule is CC(C)C(O)c1ccn(Cc2cn(C)nn2)c1. The summed E-state index contributed by atoms with van der Waals surface area (Å²) in [5.41, 5.74) is 1.86. The summed E-state index contributed by atoms with van der Waals surface area (Å²) in [7, 11) is 1.85. The first kappa shape index (κ1) is 11.9. The lowest BCUT2D eigenvalue weighted by atomic mass is 10.0. The molecule has 0 saturated heterocycles. The van der Waals surface area contributed by atoms with Crippen molar-refractivity contribution in [3.8, 4) is 0 Å². The molecule has 1 atom stereocenters. The van der Waals surface area contributed by atoms with Crippen molar-refractivity contribution in [2.75, 3.05) is 0 Å². The number of hydrogen-bond donors (Lipinski definition) is 1. The van der Waals surface area contributed by atoms with E-state index in [-0.39, 0.29) is 5.92 Å². The fourth-order valence-electron chi connectivity index (χ4n) is 1.77. The maximum absolute atomic E-state index is 9.94. The van der Waals surface area contributed by atoms with Crippen molar-refractivity contribution in [3.63, 3.8) is 0 Å². The molecule has 5 nitrogen and oxygen atoms in total. The summed E-state index contributed by atoms with van der Waals surface area (Å²) >= 11 is 0. The van der Waals surface area contributed by atoms with E-state index in [4.69, 9.17) is 0 Å². The highest BCUT2D eigenvalue weighted by molar-refractivity contribution is 5.15. The highest BCUT2D eigenvalue weighted by Gasteiger charge is 2.13. The minimum Gasteiger partial charge on any atom is -0.388 e. The van der Waals surface area contributed by atoms with Gasteiger partial charge in [-0.05, 0) is 17.5 Å². The minimum atomic E-state index is -0.405. The van der Waals surface area contributed by atoms with Gasteiger partial charge in [-0.1, -0.05) is 19.1 Å². The monoisotopic (exact) mass is 234 g/mol. The molecule has 2 rings (SSSR count). The topological polar surface area (TPSA) is 55.9 Å². The highest BCUT2D eigenvalue weighted by Crippen LogP contribution is 2.21. The molecule has 0 amide bonds. The summed E-state index contributed by atoms with van der Waals surface area (Å²) in [6.07, 6.45) is 5.39.